The quantitative estimate of drug-likeness (QED) is 0.163. The molecule has 6 rings (SSSR count). The van der Waals surface area contributed by atoms with Gasteiger partial charge < -0.3 is 0 Å². The first-order valence-electron chi connectivity index (χ1n) is 15.2. The summed E-state index contributed by atoms with van der Waals surface area (Å²) in [5.74, 6) is 0. The molecule has 0 saturated heterocycles. The SMILES string of the molecule is CC(C)(c1ccccc1)c1ccc([N+](c2ccccc2)(c2ccccc2)c2ccc(C(C)(C)c3ccccc3)cc2)cc1. The van der Waals surface area contributed by atoms with Gasteiger partial charge in [-0.1, -0.05) is 149 Å². The molecule has 0 atom stereocenters. The molecule has 0 unspecified atom stereocenters. The average Bonchev–Trinajstić information content (AvgIpc) is 3.07. The predicted molar refractivity (Wildman–Crippen MR) is 184 cm³/mol. The van der Waals surface area contributed by atoms with Gasteiger partial charge in [0.2, 0.25) is 0 Å². The van der Waals surface area contributed by atoms with E-state index in [0.717, 1.165) is 0 Å². The third-order valence-electron chi connectivity index (χ3n) is 9.23. The molecule has 212 valence electrons. The highest BCUT2D eigenvalue weighted by atomic mass is 15.4. The maximum absolute atomic E-state index is 2.32. The number of para-hydroxylation sites is 2. The van der Waals surface area contributed by atoms with E-state index in [-0.39, 0.29) is 10.8 Å². The van der Waals surface area contributed by atoms with E-state index < -0.39 is 0 Å². The standard InChI is InChI=1S/C42H40N/c1-41(2,33-17-9-5-10-18-33)35-25-29-39(30-26-35)43(37-21-13-7-14-22-37,38-23-15-8-16-24-38)40-31-27-36(28-32-40)42(3,4)34-19-11-6-12-20-34/h5-32H,1-4H3/q+1. The van der Waals surface area contributed by atoms with Crippen LogP contribution < -0.4 is 4.48 Å². The monoisotopic (exact) mass is 558 g/mol. The summed E-state index contributed by atoms with van der Waals surface area (Å²) in [6.07, 6.45) is 0. The summed E-state index contributed by atoms with van der Waals surface area (Å²) >= 11 is 0. The molecule has 0 radical (unpaired) electrons. The lowest BCUT2D eigenvalue weighted by Gasteiger charge is -2.38. The molecule has 0 fully saturated rings. The van der Waals surface area contributed by atoms with E-state index in [2.05, 4.69) is 198 Å². The van der Waals surface area contributed by atoms with E-state index >= 15 is 0 Å². The number of hydrogen-bond acceptors (Lipinski definition) is 0. The molecule has 1 heteroatoms. The summed E-state index contributed by atoms with van der Waals surface area (Å²) in [5.41, 5.74) is 9.76. The normalized spacial score (nSPS) is 12.2. The zero-order valence-electron chi connectivity index (χ0n) is 25.6. The minimum atomic E-state index is -0.111. The van der Waals surface area contributed by atoms with Gasteiger partial charge >= 0.3 is 0 Å². The fourth-order valence-corrected chi connectivity index (χ4v) is 6.44. The Morgan fingerprint density at radius 1 is 0.279 bits per heavy atom. The van der Waals surface area contributed by atoms with Crippen molar-refractivity contribution in [1.82, 2.24) is 4.48 Å². The van der Waals surface area contributed by atoms with Crippen LogP contribution in [0.2, 0.25) is 0 Å². The number of rotatable bonds is 8. The van der Waals surface area contributed by atoms with Gasteiger partial charge in [0, 0.05) is 59.4 Å². The van der Waals surface area contributed by atoms with Gasteiger partial charge in [0.05, 0.1) is 0 Å². The average molecular weight is 559 g/mol. The number of nitrogens with zero attached hydrogens (tertiary/aromatic N) is 1. The molecule has 0 amide bonds. The van der Waals surface area contributed by atoms with E-state index in [1.54, 1.807) is 0 Å². The van der Waals surface area contributed by atoms with Gasteiger partial charge in [0.25, 0.3) is 0 Å². The second-order valence-corrected chi connectivity index (χ2v) is 12.4. The number of benzene rings is 6. The first-order valence-corrected chi connectivity index (χ1v) is 15.2. The molecule has 0 N–H and O–H groups in total. The van der Waals surface area contributed by atoms with Crippen molar-refractivity contribution < 1.29 is 0 Å². The summed E-state index contributed by atoms with van der Waals surface area (Å²) in [6.45, 7) is 9.23. The van der Waals surface area contributed by atoms with Crippen LogP contribution in [-0.4, -0.2) is 0 Å². The highest BCUT2D eigenvalue weighted by molar-refractivity contribution is 5.81. The maximum Gasteiger partial charge on any atom is 0.148 e. The molecule has 43 heavy (non-hydrogen) atoms. The summed E-state index contributed by atoms with van der Waals surface area (Å²) < 4.78 is 0.486. The molecule has 6 aromatic carbocycles. The minimum absolute atomic E-state index is 0.111. The van der Waals surface area contributed by atoms with E-state index in [1.165, 1.54) is 45.0 Å². The minimum Gasteiger partial charge on any atom is -0.194 e. The van der Waals surface area contributed by atoms with Crippen LogP contribution in [0.4, 0.5) is 22.7 Å². The summed E-state index contributed by atoms with van der Waals surface area (Å²) in [4.78, 5) is 0. The van der Waals surface area contributed by atoms with Gasteiger partial charge in [-0.3, -0.25) is 0 Å². The highest BCUT2D eigenvalue weighted by Crippen LogP contribution is 2.52. The maximum atomic E-state index is 2.32. The van der Waals surface area contributed by atoms with E-state index in [4.69, 9.17) is 0 Å². The second-order valence-electron chi connectivity index (χ2n) is 12.4. The van der Waals surface area contributed by atoms with Crippen LogP contribution in [0.3, 0.4) is 0 Å². The Balaban J connectivity index is 1.54. The van der Waals surface area contributed by atoms with Crippen molar-refractivity contribution in [2.24, 2.45) is 0 Å². The van der Waals surface area contributed by atoms with Crippen LogP contribution in [0.25, 0.3) is 0 Å². The lowest BCUT2D eigenvalue weighted by molar-refractivity contribution is 0.636. The van der Waals surface area contributed by atoms with Crippen LogP contribution >= 0.6 is 0 Å². The van der Waals surface area contributed by atoms with Crippen molar-refractivity contribution in [3.63, 3.8) is 0 Å². The molecular weight excluding hydrogens is 518 g/mol. The molecule has 1 nitrogen and oxygen atoms in total. The van der Waals surface area contributed by atoms with Crippen molar-refractivity contribution in [2.45, 2.75) is 38.5 Å². The van der Waals surface area contributed by atoms with Crippen molar-refractivity contribution in [3.05, 3.63) is 192 Å². The Bertz CT molecular complexity index is 1620. The molecule has 0 bridgehead atoms. The Morgan fingerprint density at radius 3 is 0.814 bits per heavy atom. The first kappa shape index (κ1) is 28.4. The molecule has 0 spiro atoms. The third-order valence-corrected chi connectivity index (χ3v) is 9.23. The van der Waals surface area contributed by atoms with Crippen molar-refractivity contribution in [3.8, 4) is 0 Å². The molecule has 0 saturated carbocycles. The summed E-state index contributed by atoms with van der Waals surface area (Å²) in [5, 5.41) is 0. The summed E-state index contributed by atoms with van der Waals surface area (Å²) in [6, 6.07) is 61.9. The molecule has 0 heterocycles. The lowest BCUT2D eigenvalue weighted by atomic mass is 9.78. The van der Waals surface area contributed by atoms with Gasteiger partial charge in [-0.05, 0) is 22.3 Å². The zero-order valence-corrected chi connectivity index (χ0v) is 25.6. The van der Waals surface area contributed by atoms with Gasteiger partial charge in [0.15, 0.2) is 0 Å². The molecule has 6 aromatic rings. The zero-order chi connectivity index (χ0) is 29.9. The molecule has 0 aliphatic rings. The Morgan fingerprint density at radius 2 is 0.512 bits per heavy atom. The van der Waals surface area contributed by atoms with Crippen molar-refractivity contribution >= 4 is 22.7 Å². The molecule has 0 aliphatic carbocycles. The summed E-state index contributed by atoms with van der Waals surface area (Å²) in [7, 11) is 0. The smallest absolute Gasteiger partial charge is 0.148 e. The van der Waals surface area contributed by atoms with Gasteiger partial charge in [0.1, 0.15) is 22.7 Å². The van der Waals surface area contributed by atoms with Crippen LogP contribution in [0.15, 0.2) is 170 Å². The fraction of sp³-hybridized carbons (Fsp3) is 0.143. The lowest BCUT2D eigenvalue weighted by Crippen LogP contribution is -2.33. The van der Waals surface area contributed by atoms with Crippen molar-refractivity contribution in [1.29, 1.82) is 0 Å². The second kappa shape index (κ2) is 11.5. The molecule has 0 aliphatic heterocycles. The van der Waals surface area contributed by atoms with Crippen molar-refractivity contribution in [2.75, 3.05) is 0 Å². The largest absolute Gasteiger partial charge is 0.194 e. The van der Waals surface area contributed by atoms with E-state index in [1.807, 2.05) is 0 Å². The van der Waals surface area contributed by atoms with Gasteiger partial charge in [-0.25, -0.2) is 0 Å². The predicted octanol–water partition coefficient (Wildman–Crippen LogP) is 11.6. The topological polar surface area (TPSA) is 0 Å². The van der Waals surface area contributed by atoms with Crippen LogP contribution in [0.5, 0.6) is 0 Å². The fourth-order valence-electron chi connectivity index (χ4n) is 6.44. The van der Waals surface area contributed by atoms with E-state index in [0.29, 0.717) is 4.48 Å². The molecule has 0 aromatic heterocycles. The van der Waals surface area contributed by atoms with Gasteiger partial charge in [-0.15, -0.1) is 0 Å². The van der Waals surface area contributed by atoms with Gasteiger partial charge in [-0.2, -0.15) is 4.48 Å². The number of hydrogen-bond donors (Lipinski definition) is 0. The van der Waals surface area contributed by atoms with Crippen LogP contribution in [0.1, 0.15) is 49.9 Å². The van der Waals surface area contributed by atoms with Crippen LogP contribution in [-0.2, 0) is 10.8 Å². The molecular formula is C42H40N+. The highest BCUT2D eigenvalue weighted by Gasteiger charge is 2.40. The Labute approximate surface area is 257 Å². The number of quaternary nitrogens is 1. The Kier molecular flexibility index (Phi) is 7.61. The van der Waals surface area contributed by atoms with Crippen LogP contribution in [0, 0.1) is 0 Å². The third kappa shape index (κ3) is 5.11. The van der Waals surface area contributed by atoms with E-state index in [9.17, 15) is 0 Å². The Hall–Kier alpha value is -4.72. The first-order chi connectivity index (χ1) is 20.8.